The predicted molar refractivity (Wildman–Crippen MR) is 141 cm³/mol. The first-order valence-corrected chi connectivity index (χ1v) is 13.6. The van der Waals surface area contributed by atoms with Crippen LogP contribution in [0.4, 0.5) is 24.0 Å². The van der Waals surface area contributed by atoms with Crippen LogP contribution in [0.25, 0.3) is 0 Å². The number of rotatable bonds is 6. The van der Waals surface area contributed by atoms with E-state index in [1.165, 1.54) is 18.4 Å². The van der Waals surface area contributed by atoms with Crippen molar-refractivity contribution in [2.45, 2.75) is 70.3 Å². The van der Waals surface area contributed by atoms with Gasteiger partial charge in [0.15, 0.2) is 6.04 Å². The number of ether oxygens (including phenoxy) is 2. The quantitative estimate of drug-likeness (QED) is 0.342. The Balaban J connectivity index is 1.48. The van der Waals surface area contributed by atoms with Gasteiger partial charge in [0.05, 0.1) is 31.0 Å². The van der Waals surface area contributed by atoms with E-state index in [1.54, 1.807) is 38.1 Å². The summed E-state index contributed by atoms with van der Waals surface area (Å²) < 4.78 is 53.7. The molecule has 5 rings (SSSR count). The van der Waals surface area contributed by atoms with E-state index in [0.717, 1.165) is 40.6 Å². The molecule has 12 heteroatoms. The van der Waals surface area contributed by atoms with Crippen LogP contribution in [0.3, 0.4) is 0 Å². The summed E-state index contributed by atoms with van der Waals surface area (Å²) in [4.78, 5) is 27.5. The van der Waals surface area contributed by atoms with Crippen LogP contribution in [0, 0.1) is 0 Å². The Bertz CT molecular complexity index is 1380. The van der Waals surface area contributed by atoms with Gasteiger partial charge in [-0.15, -0.1) is 11.3 Å². The average molecular weight is 563 g/mol. The summed E-state index contributed by atoms with van der Waals surface area (Å²) in [5.41, 5.74) is 1.78. The first kappa shape index (κ1) is 27.0. The van der Waals surface area contributed by atoms with Crippen molar-refractivity contribution < 1.29 is 32.2 Å². The van der Waals surface area contributed by atoms with Gasteiger partial charge in [0.25, 0.3) is 5.91 Å². The largest absolute Gasteiger partial charge is 0.497 e. The minimum absolute atomic E-state index is 0.0329. The van der Waals surface area contributed by atoms with Crippen molar-refractivity contribution in [3.63, 3.8) is 0 Å². The summed E-state index contributed by atoms with van der Waals surface area (Å²) in [7, 11) is 1.51. The molecular formula is C27H29F3N4O4S. The van der Waals surface area contributed by atoms with Crippen molar-refractivity contribution in [1.29, 1.82) is 0 Å². The molecule has 0 spiro atoms. The van der Waals surface area contributed by atoms with E-state index in [1.807, 2.05) is 0 Å². The first-order valence-electron chi connectivity index (χ1n) is 12.8. The number of alkyl halides is 3. The SMILES string of the molecule is COc1ccc([C@@H]2C[C@@H](C(F)(F)F)n3ncc(C(=O)Nc4sc5c(c4C(=O)OC(C)C)CCCC5)c3N2)cc1. The number of carbonyl (C=O) groups excluding carboxylic acids is 2. The Labute approximate surface area is 227 Å². The third kappa shape index (κ3) is 5.34. The van der Waals surface area contributed by atoms with Crippen molar-refractivity contribution >= 4 is 34.0 Å². The summed E-state index contributed by atoms with van der Waals surface area (Å²) in [5, 5.41) is 10.2. The number of methoxy groups -OCH3 is 1. The number of thiophene rings is 1. The van der Waals surface area contributed by atoms with Crippen molar-refractivity contribution in [2.75, 3.05) is 17.7 Å². The number of anilines is 2. The van der Waals surface area contributed by atoms with E-state index in [0.29, 0.717) is 28.3 Å². The summed E-state index contributed by atoms with van der Waals surface area (Å²) in [5.74, 6) is -0.629. The number of esters is 1. The molecule has 0 radical (unpaired) electrons. The van der Waals surface area contributed by atoms with Crippen molar-refractivity contribution in [3.05, 3.63) is 57.6 Å². The number of hydrogen-bond acceptors (Lipinski definition) is 7. The number of benzene rings is 1. The summed E-state index contributed by atoms with van der Waals surface area (Å²) in [6.07, 6.45) is -0.702. The molecule has 0 fully saturated rings. The molecule has 2 aromatic heterocycles. The highest BCUT2D eigenvalue weighted by atomic mass is 32.1. The van der Waals surface area contributed by atoms with Gasteiger partial charge in [0.2, 0.25) is 0 Å². The lowest BCUT2D eigenvalue weighted by molar-refractivity contribution is -0.173. The standard InChI is InChI=1S/C27H29F3N4O4S/c1-14(2)38-26(36)22-17-6-4-5-7-20(17)39-25(22)33-24(35)18-13-31-34-21(27(28,29)30)12-19(32-23(18)34)15-8-10-16(37-3)11-9-15/h8-11,13-14,19,21,32H,4-7,12H2,1-3H3,(H,33,35)/t19-,21-/m0/s1. The van der Waals surface area contributed by atoms with E-state index in [4.69, 9.17) is 9.47 Å². The lowest BCUT2D eigenvalue weighted by Crippen LogP contribution is -2.36. The topological polar surface area (TPSA) is 94.5 Å². The molecular weight excluding hydrogens is 533 g/mol. The summed E-state index contributed by atoms with van der Waals surface area (Å²) in [6.45, 7) is 3.49. The van der Waals surface area contributed by atoms with E-state index in [-0.39, 0.29) is 23.9 Å². The molecule has 1 amide bonds. The molecule has 2 N–H and O–H groups in total. The predicted octanol–water partition coefficient (Wildman–Crippen LogP) is 6.31. The highest BCUT2D eigenvalue weighted by Gasteiger charge is 2.47. The zero-order chi connectivity index (χ0) is 27.9. The third-order valence-corrected chi connectivity index (χ3v) is 8.15. The zero-order valence-electron chi connectivity index (χ0n) is 21.7. The number of hydrogen-bond donors (Lipinski definition) is 2. The Morgan fingerprint density at radius 1 is 1.18 bits per heavy atom. The fourth-order valence-corrected chi connectivity index (χ4v) is 6.37. The fourth-order valence-electron chi connectivity index (χ4n) is 5.10. The van der Waals surface area contributed by atoms with Crippen LogP contribution < -0.4 is 15.4 Å². The minimum atomic E-state index is -4.58. The number of carbonyl (C=O) groups is 2. The van der Waals surface area contributed by atoms with E-state index in [2.05, 4.69) is 15.7 Å². The minimum Gasteiger partial charge on any atom is -0.497 e. The lowest BCUT2D eigenvalue weighted by Gasteiger charge is -2.34. The van der Waals surface area contributed by atoms with E-state index < -0.39 is 30.1 Å². The molecule has 3 heterocycles. The van der Waals surface area contributed by atoms with Gasteiger partial charge >= 0.3 is 12.1 Å². The van der Waals surface area contributed by atoms with Gasteiger partial charge < -0.3 is 20.1 Å². The van der Waals surface area contributed by atoms with Crippen LogP contribution in [0.5, 0.6) is 5.75 Å². The van der Waals surface area contributed by atoms with Crippen LogP contribution in [0.1, 0.15) is 81.9 Å². The summed E-state index contributed by atoms with van der Waals surface area (Å²) in [6, 6.07) is 4.10. The van der Waals surface area contributed by atoms with Gasteiger partial charge in [-0.2, -0.15) is 18.3 Å². The number of halogens is 3. The number of nitrogens with one attached hydrogen (secondary N) is 2. The van der Waals surface area contributed by atoms with Gasteiger partial charge in [-0.3, -0.25) is 4.79 Å². The number of aromatic nitrogens is 2. The molecule has 8 nitrogen and oxygen atoms in total. The second-order valence-electron chi connectivity index (χ2n) is 9.94. The van der Waals surface area contributed by atoms with Gasteiger partial charge in [0.1, 0.15) is 22.1 Å². The van der Waals surface area contributed by atoms with Crippen molar-refractivity contribution in [2.24, 2.45) is 0 Å². The van der Waals surface area contributed by atoms with Crippen molar-refractivity contribution in [3.8, 4) is 5.75 Å². The number of amides is 1. The van der Waals surface area contributed by atoms with Gasteiger partial charge in [-0.25, -0.2) is 9.48 Å². The van der Waals surface area contributed by atoms with Crippen LogP contribution in [0.15, 0.2) is 30.5 Å². The highest BCUT2D eigenvalue weighted by molar-refractivity contribution is 7.17. The molecule has 0 saturated carbocycles. The normalized spacial score (nSPS) is 18.6. The molecule has 0 bridgehead atoms. The van der Waals surface area contributed by atoms with Crippen molar-refractivity contribution in [1.82, 2.24) is 9.78 Å². The molecule has 208 valence electrons. The first-order chi connectivity index (χ1) is 18.6. The Morgan fingerprint density at radius 3 is 2.56 bits per heavy atom. The second kappa shape index (κ2) is 10.6. The van der Waals surface area contributed by atoms with Gasteiger partial charge in [0, 0.05) is 11.3 Å². The Morgan fingerprint density at radius 2 is 1.90 bits per heavy atom. The highest BCUT2D eigenvalue weighted by Crippen LogP contribution is 2.45. The monoisotopic (exact) mass is 562 g/mol. The fraction of sp³-hybridized carbons (Fsp3) is 0.444. The molecule has 2 atom stereocenters. The molecule has 1 aromatic carbocycles. The zero-order valence-corrected chi connectivity index (χ0v) is 22.5. The summed E-state index contributed by atoms with van der Waals surface area (Å²) >= 11 is 1.31. The van der Waals surface area contributed by atoms with E-state index >= 15 is 0 Å². The van der Waals surface area contributed by atoms with Crippen LogP contribution in [0.2, 0.25) is 0 Å². The van der Waals surface area contributed by atoms with Gasteiger partial charge in [-0.1, -0.05) is 12.1 Å². The number of nitrogens with zero attached hydrogens (tertiary/aromatic N) is 2. The molecule has 1 aliphatic heterocycles. The maximum absolute atomic E-state index is 14.1. The molecule has 0 saturated heterocycles. The Hall–Kier alpha value is -3.54. The number of fused-ring (bicyclic) bond motifs is 2. The molecule has 39 heavy (non-hydrogen) atoms. The van der Waals surface area contributed by atoms with E-state index in [9.17, 15) is 22.8 Å². The maximum atomic E-state index is 14.1. The van der Waals surface area contributed by atoms with Gasteiger partial charge in [-0.05, 0) is 62.8 Å². The molecule has 1 aliphatic carbocycles. The number of aryl methyl sites for hydroxylation is 1. The molecule has 0 unspecified atom stereocenters. The maximum Gasteiger partial charge on any atom is 0.410 e. The lowest BCUT2D eigenvalue weighted by atomic mass is 9.95. The van der Waals surface area contributed by atoms with Crippen LogP contribution >= 0.6 is 11.3 Å². The third-order valence-electron chi connectivity index (χ3n) is 6.95. The average Bonchev–Trinajstić information content (AvgIpc) is 3.48. The molecule has 3 aromatic rings. The smallest absolute Gasteiger partial charge is 0.410 e. The molecule has 2 aliphatic rings. The Kier molecular flexibility index (Phi) is 7.32. The van der Waals surface area contributed by atoms with Crippen LogP contribution in [-0.4, -0.2) is 41.0 Å². The second-order valence-corrected chi connectivity index (χ2v) is 11.0. The van der Waals surface area contributed by atoms with Crippen LogP contribution in [-0.2, 0) is 17.6 Å².